The number of carbonyl (C=O) groups is 2. The quantitative estimate of drug-likeness (QED) is 0.539. The normalized spacial score (nSPS) is 25.8. The molecule has 0 aromatic rings. The molecule has 1 fully saturated rings. The molecule has 5 heteroatoms. The Kier molecular flexibility index (Phi) is 6.08. The summed E-state index contributed by atoms with van der Waals surface area (Å²) >= 11 is 0. The maximum absolute atomic E-state index is 11.9. The molecule has 2 aliphatic rings. The third-order valence-electron chi connectivity index (χ3n) is 4.52. The van der Waals surface area contributed by atoms with Crippen LogP contribution in [0.3, 0.4) is 0 Å². The van der Waals surface area contributed by atoms with E-state index in [1.165, 1.54) is 12.0 Å². The number of carboxylic acids is 1. The van der Waals surface area contributed by atoms with Crippen molar-refractivity contribution in [3.8, 4) is 0 Å². The Labute approximate surface area is 126 Å². The van der Waals surface area contributed by atoms with Crippen molar-refractivity contribution >= 4 is 12.0 Å². The highest BCUT2D eigenvalue weighted by Crippen LogP contribution is 2.24. The average Bonchev–Trinajstić information content (AvgIpc) is 2.84. The highest BCUT2D eigenvalue weighted by molar-refractivity contribution is 5.76. The molecule has 2 aliphatic carbocycles. The zero-order chi connectivity index (χ0) is 15.1. The van der Waals surface area contributed by atoms with Crippen LogP contribution in [-0.4, -0.2) is 29.7 Å². The van der Waals surface area contributed by atoms with Crippen molar-refractivity contribution in [3.05, 3.63) is 11.6 Å². The first-order valence-corrected chi connectivity index (χ1v) is 8.12. The van der Waals surface area contributed by atoms with Gasteiger partial charge in [-0.3, -0.25) is 4.79 Å². The van der Waals surface area contributed by atoms with E-state index in [9.17, 15) is 14.7 Å². The van der Waals surface area contributed by atoms with Crippen LogP contribution in [0.2, 0.25) is 0 Å². The molecule has 0 aromatic heterocycles. The Morgan fingerprint density at radius 2 is 2.00 bits per heavy atom. The van der Waals surface area contributed by atoms with Gasteiger partial charge in [-0.25, -0.2) is 4.79 Å². The third kappa shape index (κ3) is 5.06. The Balaban J connectivity index is 1.75. The van der Waals surface area contributed by atoms with E-state index >= 15 is 0 Å². The van der Waals surface area contributed by atoms with Crippen molar-refractivity contribution < 1.29 is 14.7 Å². The van der Waals surface area contributed by atoms with Crippen LogP contribution in [0.5, 0.6) is 0 Å². The second-order valence-corrected chi connectivity index (χ2v) is 6.09. The van der Waals surface area contributed by atoms with Gasteiger partial charge in [0.25, 0.3) is 0 Å². The number of hydrogen-bond donors (Lipinski definition) is 3. The van der Waals surface area contributed by atoms with E-state index in [1.54, 1.807) is 0 Å². The van der Waals surface area contributed by atoms with E-state index < -0.39 is 11.9 Å². The molecule has 2 atom stereocenters. The first kappa shape index (κ1) is 15.9. The first-order chi connectivity index (χ1) is 10.2. The van der Waals surface area contributed by atoms with Crippen molar-refractivity contribution in [2.75, 3.05) is 6.54 Å². The number of urea groups is 1. The lowest BCUT2D eigenvalue weighted by Gasteiger charge is -2.23. The van der Waals surface area contributed by atoms with Gasteiger partial charge in [0.05, 0.1) is 5.92 Å². The number of carboxylic acid groups (broad SMARTS) is 1. The second kappa shape index (κ2) is 8.05. The van der Waals surface area contributed by atoms with Crippen molar-refractivity contribution in [2.24, 2.45) is 5.92 Å². The molecule has 2 unspecified atom stereocenters. The highest BCUT2D eigenvalue weighted by Gasteiger charge is 2.30. The molecule has 0 bridgehead atoms. The minimum atomic E-state index is -0.793. The zero-order valence-electron chi connectivity index (χ0n) is 12.6. The maximum Gasteiger partial charge on any atom is 0.315 e. The summed E-state index contributed by atoms with van der Waals surface area (Å²) in [6.45, 7) is 0.627. The van der Waals surface area contributed by atoms with Gasteiger partial charge >= 0.3 is 12.0 Å². The lowest BCUT2D eigenvalue weighted by Crippen LogP contribution is -2.47. The minimum absolute atomic E-state index is 0.230. The molecule has 3 N–H and O–H groups in total. The lowest BCUT2D eigenvalue weighted by atomic mass is 9.95. The van der Waals surface area contributed by atoms with Gasteiger partial charge in [0.15, 0.2) is 0 Å². The Hall–Kier alpha value is -1.52. The molecule has 21 heavy (non-hydrogen) atoms. The third-order valence-corrected chi connectivity index (χ3v) is 4.52. The van der Waals surface area contributed by atoms with Gasteiger partial charge in [0.2, 0.25) is 0 Å². The predicted molar refractivity (Wildman–Crippen MR) is 81.1 cm³/mol. The monoisotopic (exact) mass is 294 g/mol. The fourth-order valence-electron chi connectivity index (χ4n) is 3.30. The van der Waals surface area contributed by atoms with Crippen molar-refractivity contribution in [2.45, 2.75) is 63.8 Å². The van der Waals surface area contributed by atoms with E-state index in [-0.39, 0.29) is 12.1 Å². The lowest BCUT2D eigenvalue weighted by molar-refractivity contribution is -0.142. The van der Waals surface area contributed by atoms with Crippen LogP contribution in [0.25, 0.3) is 0 Å². The summed E-state index contributed by atoms with van der Waals surface area (Å²) in [5, 5.41) is 15.0. The first-order valence-electron chi connectivity index (χ1n) is 8.12. The Morgan fingerprint density at radius 3 is 2.71 bits per heavy atom. The topological polar surface area (TPSA) is 78.4 Å². The number of amides is 2. The highest BCUT2D eigenvalue weighted by atomic mass is 16.4. The summed E-state index contributed by atoms with van der Waals surface area (Å²) in [6.07, 6.45) is 11.1. The number of hydrogen-bond acceptors (Lipinski definition) is 2. The largest absolute Gasteiger partial charge is 0.481 e. The van der Waals surface area contributed by atoms with Crippen LogP contribution in [0.15, 0.2) is 11.6 Å². The summed E-state index contributed by atoms with van der Waals surface area (Å²) in [4.78, 5) is 23.2. The molecule has 0 aliphatic heterocycles. The van der Waals surface area contributed by atoms with E-state index in [0.29, 0.717) is 13.0 Å². The number of nitrogens with one attached hydrogen (secondary N) is 2. The standard InChI is InChI=1S/C16H26N2O3/c19-15(20)13-8-2-1-3-9-14(13)18-16(21)17-11-10-12-6-4-5-7-12/h6,13-14H,1-5,7-11H2,(H,19,20)(H2,17,18,21). The SMILES string of the molecule is O=C(NCCC1=CCCC1)NC1CCCCCC1C(=O)O. The summed E-state index contributed by atoms with van der Waals surface area (Å²) in [5.41, 5.74) is 1.42. The molecule has 0 spiro atoms. The smallest absolute Gasteiger partial charge is 0.315 e. The molecule has 118 valence electrons. The number of allylic oxidation sites excluding steroid dienone is 1. The zero-order valence-corrected chi connectivity index (χ0v) is 12.6. The molecule has 0 heterocycles. The van der Waals surface area contributed by atoms with Crippen LogP contribution in [-0.2, 0) is 4.79 Å². The van der Waals surface area contributed by atoms with Gasteiger partial charge in [0, 0.05) is 12.6 Å². The summed E-state index contributed by atoms with van der Waals surface area (Å²) in [6, 6.07) is -0.470. The van der Waals surface area contributed by atoms with Gasteiger partial charge in [-0.15, -0.1) is 0 Å². The molecule has 2 rings (SSSR count). The number of aliphatic carboxylic acids is 1. The summed E-state index contributed by atoms with van der Waals surface area (Å²) in [5.74, 6) is -1.24. The maximum atomic E-state index is 11.9. The van der Waals surface area contributed by atoms with Crippen LogP contribution < -0.4 is 10.6 Å². The number of carbonyl (C=O) groups excluding carboxylic acids is 1. The minimum Gasteiger partial charge on any atom is -0.481 e. The second-order valence-electron chi connectivity index (χ2n) is 6.09. The van der Waals surface area contributed by atoms with Gasteiger partial charge in [-0.05, 0) is 38.5 Å². The van der Waals surface area contributed by atoms with Crippen molar-refractivity contribution in [1.29, 1.82) is 0 Å². The van der Waals surface area contributed by atoms with Gasteiger partial charge < -0.3 is 15.7 Å². The van der Waals surface area contributed by atoms with E-state index in [4.69, 9.17) is 0 Å². The summed E-state index contributed by atoms with van der Waals surface area (Å²) in [7, 11) is 0. The van der Waals surface area contributed by atoms with Crippen molar-refractivity contribution in [3.63, 3.8) is 0 Å². The fraction of sp³-hybridized carbons (Fsp3) is 0.750. The molecule has 2 amide bonds. The van der Waals surface area contributed by atoms with E-state index in [1.807, 2.05) is 0 Å². The Morgan fingerprint density at radius 1 is 1.19 bits per heavy atom. The van der Waals surface area contributed by atoms with Crippen LogP contribution in [0.4, 0.5) is 4.79 Å². The molecule has 5 nitrogen and oxygen atoms in total. The molecule has 1 saturated carbocycles. The van der Waals surface area contributed by atoms with Gasteiger partial charge in [-0.2, -0.15) is 0 Å². The van der Waals surface area contributed by atoms with Gasteiger partial charge in [0.1, 0.15) is 0 Å². The van der Waals surface area contributed by atoms with Gasteiger partial charge in [-0.1, -0.05) is 30.9 Å². The van der Waals surface area contributed by atoms with Crippen LogP contribution in [0, 0.1) is 5.92 Å². The average molecular weight is 294 g/mol. The molecule has 0 aromatic carbocycles. The predicted octanol–water partition coefficient (Wildman–Crippen LogP) is 2.82. The van der Waals surface area contributed by atoms with Crippen LogP contribution in [0.1, 0.15) is 57.8 Å². The Bertz CT molecular complexity index is 406. The van der Waals surface area contributed by atoms with Crippen molar-refractivity contribution in [1.82, 2.24) is 10.6 Å². The van der Waals surface area contributed by atoms with E-state index in [0.717, 1.165) is 44.9 Å². The van der Waals surface area contributed by atoms with E-state index in [2.05, 4.69) is 16.7 Å². The van der Waals surface area contributed by atoms with Crippen LogP contribution >= 0.6 is 0 Å². The summed E-state index contributed by atoms with van der Waals surface area (Å²) < 4.78 is 0. The molecular formula is C16H26N2O3. The molecule has 0 saturated heterocycles. The molecule has 0 radical (unpaired) electrons. The number of rotatable bonds is 5. The fourth-order valence-corrected chi connectivity index (χ4v) is 3.30. The molecular weight excluding hydrogens is 268 g/mol.